The highest BCUT2D eigenvalue weighted by molar-refractivity contribution is 5.54. The van der Waals surface area contributed by atoms with E-state index in [1.807, 2.05) is 0 Å². The third-order valence-electron chi connectivity index (χ3n) is 3.58. The molecule has 0 atom stereocenters. The van der Waals surface area contributed by atoms with Gasteiger partial charge in [0.15, 0.2) is 0 Å². The van der Waals surface area contributed by atoms with Crippen LogP contribution in [0.25, 0.3) is 0 Å². The Morgan fingerprint density at radius 1 is 1.00 bits per heavy atom. The number of benzene rings is 1. The summed E-state index contributed by atoms with van der Waals surface area (Å²) in [6.45, 7) is 4.66. The van der Waals surface area contributed by atoms with E-state index in [0.717, 1.165) is 0 Å². The second kappa shape index (κ2) is 2.00. The van der Waals surface area contributed by atoms with Crippen molar-refractivity contribution in [2.45, 2.75) is 37.5 Å². The summed E-state index contributed by atoms with van der Waals surface area (Å²) in [5, 5.41) is 0. The minimum absolute atomic E-state index is 0.299. The maximum absolute atomic E-state index is 2.56. The van der Waals surface area contributed by atoms with Gasteiger partial charge in [-0.3, -0.25) is 0 Å². The zero-order valence-electron chi connectivity index (χ0n) is 8.30. The molecule has 67 valence electrons. The highest BCUT2D eigenvalue weighted by Gasteiger charge is 2.54. The molecule has 0 saturated heterocycles. The third-order valence-corrected chi connectivity index (χ3v) is 3.58. The Morgan fingerprint density at radius 3 is 2.23 bits per heavy atom. The Labute approximate surface area is 80.0 Å². The molecule has 0 unspecified atom stereocenters. The summed E-state index contributed by atoms with van der Waals surface area (Å²) in [6.07, 6.45) is 5.30. The fourth-order valence-electron chi connectivity index (χ4n) is 2.87. The first kappa shape index (κ1) is 7.61. The lowest BCUT2D eigenvalue weighted by Crippen LogP contribution is -2.14. The standard InChI is InChI=1S/C13H15/c1-12(2)9-13(7-8-13)11-6-4-3-5-10(11)12/h3-6,9H,7-8H2,1-2H3. The zero-order valence-corrected chi connectivity index (χ0v) is 8.30. The molecule has 13 heavy (non-hydrogen) atoms. The molecule has 3 rings (SSSR count). The average Bonchev–Trinajstić information content (AvgIpc) is 2.80. The Bertz CT molecular complexity index is 333. The van der Waals surface area contributed by atoms with Gasteiger partial charge >= 0.3 is 0 Å². The van der Waals surface area contributed by atoms with Gasteiger partial charge in [-0.1, -0.05) is 38.1 Å². The lowest BCUT2D eigenvalue weighted by Gasteiger charge is -2.18. The van der Waals surface area contributed by atoms with Crippen molar-refractivity contribution in [3.8, 4) is 0 Å². The Kier molecular flexibility index (Phi) is 1.17. The van der Waals surface area contributed by atoms with Crippen LogP contribution in [0.4, 0.5) is 0 Å². The second-order valence-corrected chi connectivity index (χ2v) is 5.07. The van der Waals surface area contributed by atoms with Gasteiger partial charge in [0.05, 0.1) is 0 Å². The predicted octanol–water partition coefficient (Wildman–Crippen LogP) is 3.21. The summed E-state index contributed by atoms with van der Waals surface area (Å²) in [6, 6.07) is 8.94. The lowest BCUT2D eigenvalue weighted by molar-refractivity contribution is 0.602. The van der Waals surface area contributed by atoms with Crippen molar-refractivity contribution in [3.63, 3.8) is 0 Å². The highest BCUT2D eigenvalue weighted by Crippen LogP contribution is 2.61. The van der Waals surface area contributed by atoms with Crippen LogP contribution >= 0.6 is 0 Å². The van der Waals surface area contributed by atoms with E-state index in [4.69, 9.17) is 0 Å². The molecule has 1 spiro atoms. The summed E-state index contributed by atoms with van der Waals surface area (Å²) in [5.41, 5.74) is 3.93. The first-order valence-corrected chi connectivity index (χ1v) is 5.11. The summed E-state index contributed by atoms with van der Waals surface area (Å²) in [5.74, 6) is 0. The van der Waals surface area contributed by atoms with E-state index in [0.29, 0.717) is 10.8 Å². The summed E-state index contributed by atoms with van der Waals surface area (Å²) < 4.78 is 0. The monoisotopic (exact) mass is 171 g/mol. The van der Waals surface area contributed by atoms with Crippen molar-refractivity contribution in [3.05, 3.63) is 41.8 Å². The van der Waals surface area contributed by atoms with E-state index < -0.39 is 0 Å². The quantitative estimate of drug-likeness (QED) is 0.562. The highest BCUT2D eigenvalue weighted by atomic mass is 14.6. The van der Waals surface area contributed by atoms with E-state index >= 15 is 0 Å². The molecular weight excluding hydrogens is 156 g/mol. The molecule has 1 aromatic carbocycles. The van der Waals surface area contributed by atoms with Crippen molar-refractivity contribution < 1.29 is 0 Å². The van der Waals surface area contributed by atoms with Crippen molar-refractivity contribution in [2.75, 3.05) is 0 Å². The molecule has 0 heterocycles. The normalized spacial score (nSPS) is 26.0. The molecule has 1 aromatic rings. The molecule has 0 N–H and O–H groups in total. The van der Waals surface area contributed by atoms with Crippen molar-refractivity contribution >= 4 is 0 Å². The fourth-order valence-corrected chi connectivity index (χ4v) is 2.87. The number of hydrogen-bond donors (Lipinski definition) is 0. The first-order valence-electron chi connectivity index (χ1n) is 5.11. The molecule has 0 heteroatoms. The van der Waals surface area contributed by atoms with Crippen LogP contribution in [0, 0.1) is 6.42 Å². The third kappa shape index (κ3) is 0.864. The molecule has 1 fully saturated rings. The van der Waals surface area contributed by atoms with Gasteiger partial charge in [-0.15, -0.1) is 0 Å². The van der Waals surface area contributed by atoms with Crippen LogP contribution < -0.4 is 0 Å². The maximum Gasteiger partial charge on any atom is -0.000360 e. The fraction of sp³-hybridized carbons (Fsp3) is 0.462. The molecule has 2 aliphatic carbocycles. The Morgan fingerprint density at radius 2 is 1.62 bits per heavy atom. The van der Waals surface area contributed by atoms with Crippen molar-refractivity contribution in [1.29, 1.82) is 0 Å². The lowest BCUT2D eigenvalue weighted by atomic mass is 9.86. The second-order valence-electron chi connectivity index (χ2n) is 5.07. The van der Waals surface area contributed by atoms with E-state index in [1.165, 1.54) is 12.8 Å². The van der Waals surface area contributed by atoms with Gasteiger partial charge in [-0.25, -0.2) is 0 Å². The van der Waals surface area contributed by atoms with E-state index in [1.54, 1.807) is 11.1 Å². The Hall–Kier alpha value is -0.780. The van der Waals surface area contributed by atoms with E-state index in [-0.39, 0.29) is 0 Å². The van der Waals surface area contributed by atoms with Crippen LogP contribution in [0.5, 0.6) is 0 Å². The zero-order chi connectivity index (χ0) is 9.10. The number of rotatable bonds is 0. The molecule has 1 radical (unpaired) electrons. The number of fused-ring (bicyclic) bond motifs is 2. The van der Waals surface area contributed by atoms with Gasteiger partial charge < -0.3 is 0 Å². The minimum atomic E-state index is 0.299. The molecular formula is C13H15. The topological polar surface area (TPSA) is 0 Å². The minimum Gasteiger partial charge on any atom is -0.0620 e. The van der Waals surface area contributed by atoms with Crippen LogP contribution in [0.2, 0.25) is 0 Å². The SMILES string of the molecule is CC1(C)[CH]C2(CC2)c2ccccc21. The number of hydrogen-bond acceptors (Lipinski definition) is 0. The van der Waals surface area contributed by atoms with Gasteiger partial charge in [0.25, 0.3) is 0 Å². The summed E-state index contributed by atoms with van der Waals surface area (Å²) >= 11 is 0. The molecule has 1 saturated carbocycles. The van der Waals surface area contributed by atoms with Gasteiger partial charge in [0, 0.05) is 0 Å². The van der Waals surface area contributed by atoms with Gasteiger partial charge in [-0.05, 0) is 41.2 Å². The Balaban J connectivity index is 2.24. The van der Waals surface area contributed by atoms with E-state index in [2.05, 4.69) is 44.5 Å². The molecule has 0 amide bonds. The molecule has 0 nitrogen and oxygen atoms in total. The van der Waals surface area contributed by atoms with Crippen molar-refractivity contribution in [2.24, 2.45) is 0 Å². The summed E-state index contributed by atoms with van der Waals surface area (Å²) in [4.78, 5) is 0. The van der Waals surface area contributed by atoms with Crippen LogP contribution in [0.1, 0.15) is 37.8 Å². The average molecular weight is 171 g/mol. The van der Waals surface area contributed by atoms with Gasteiger partial charge in [0.1, 0.15) is 0 Å². The van der Waals surface area contributed by atoms with Crippen LogP contribution in [0.3, 0.4) is 0 Å². The summed E-state index contributed by atoms with van der Waals surface area (Å²) in [7, 11) is 0. The maximum atomic E-state index is 2.56. The largest absolute Gasteiger partial charge is 0.0620 e. The van der Waals surface area contributed by atoms with Gasteiger partial charge in [-0.2, -0.15) is 0 Å². The van der Waals surface area contributed by atoms with Crippen LogP contribution in [0.15, 0.2) is 24.3 Å². The molecule has 0 aromatic heterocycles. The van der Waals surface area contributed by atoms with Crippen molar-refractivity contribution in [1.82, 2.24) is 0 Å². The first-order chi connectivity index (χ1) is 6.14. The molecule has 0 aliphatic heterocycles. The van der Waals surface area contributed by atoms with Crippen LogP contribution in [-0.4, -0.2) is 0 Å². The predicted molar refractivity (Wildman–Crippen MR) is 54.7 cm³/mol. The van der Waals surface area contributed by atoms with Crippen LogP contribution in [-0.2, 0) is 10.8 Å². The smallest absolute Gasteiger partial charge is 0.000360 e. The molecule has 0 bridgehead atoms. The molecule has 2 aliphatic rings. The van der Waals surface area contributed by atoms with Gasteiger partial charge in [0.2, 0.25) is 0 Å². The van der Waals surface area contributed by atoms with E-state index in [9.17, 15) is 0 Å².